The lowest BCUT2D eigenvalue weighted by Gasteiger charge is -2.39. The van der Waals surface area contributed by atoms with Crippen molar-refractivity contribution in [1.82, 2.24) is 30.2 Å². The average molecular weight is 457 g/mol. The van der Waals surface area contributed by atoms with Crippen LogP contribution in [0.15, 0.2) is 6.20 Å². The van der Waals surface area contributed by atoms with Crippen molar-refractivity contribution in [2.75, 3.05) is 13.1 Å². The van der Waals surface area contributed by atoms with E-state index in [1.165, 1.54) is 0 Å². The number of likely N-dealkylation sites (tertiary alicyclic amines) is 1. The number of nitrogens with one attached hydrogen (secondary N) is 2. The van der Waals surface area contributed by atoms with Gasteiger partial charge >= 0.3 is 6.09 Å². The van der Waals surface area contributed by atoms with Gasteiger partial charge in [-0.2, -0.15) is 0 Å². The smallest absolute Gasteiger partial charge is 0.410 e. The highest BCUT2D eigenvalue weighted by molar-refractivity contribution is 6.44. The molecule has 0 spiro atoms. The standard InChI is InChI=1S/C19H26Cl2N6O3/c1-10-8-27(25-24-10)13-9-26(18(29)30-19(3,4)5)7-6-12(13)23-17(28)16-15(21)14(20)11(2)22-16/h8,12-13,22H,6-7,9H2,1-5H3,(H,23,28)/t12-,13+/m1/s1. The molecule has 30 heavy (non-hydrogen) atoms. The molecule has 1 saturated heterocycles. The summed E-state index contributed by atoms with van der Waals surface area (Å²) in [7, 11) is 0. The summed E-state index contributed by atoms with van der Waals surface area (Å²) < 4.78 is 7.17. The number of aryl methyl sites for hydroxylation is 2. The Balaban J connectivity index is 1.80. The zero-order valence-corrected chi connectivity index (χ0v) is 19.1. The summed E-state index contributed by atoms with van der Waals surface area (Å²) in [5.74, 6) is -0.368. The van der Waals surface area contributed by atoms with Crippen LogP contribution in [0.3, 0.4) is 0 Å². The van der Waals surface area contributed by atoms with Crippen LogP contribution in [0.2, 0.25) is 10.0 Å². The minimum Gasteiger partial charge on any atom is -0.444 e. The molecule has 1 fully saturated rings. The Hall–Kier alpha value is -2.26. The molecule has 0 bridgehead atoms. The highest BCUT2D eigenvalue weighted by Gasteiger charge is 2.36. The van der Waals surface area contributed by atoms with Crippen LogP contribution in [-0.2, 0) is 4.74 Å². The molecular weight excluding hydrogens is 431 g/mol. The summed E-state index contributed by atoms with van der Waals surface area (Å²) in [5.41, 5.74) is 0.977. The maximum atomic E-state index is 12.8. The van der Waals surface area contributed by atoms with E-state index in [1.54, 1.807) is 22.7 Å². The molecule has 0 saturated carbocycles. The predicted octanol–water partition coefficient (Wildman–Crippen LogP) is 3.51. The fourth-order valence-corrected chi connectivity index (χ4v) is 3.77. The van der Waals surface area contributed by atoms with Gasteiger partial charge in [-0.15, -0.1) is 5.10 Å². The lowest BCUT2D eigenvalue weighted by atomic mass is 9.99. The summed E-state index contributed by atoms with van der Waals surface area (Å²) in [4.78, 5) is 30.0. The van der Waals surface area contributed by atoms with E-state index in [0.717, 1.165) is 5.69 Å². The van der Waals surface area contributed by atoms with Crippen molar-refractivity contribution in [2.45, 2.75) is 58.7 Å². The first-order chi connectivity index (χ1) is 14.0. The lowest BCUT2D eigenvalue weighted by molar-refractivity contribution is 0.0134. The summed E-state index contributed by atoms with van der Waals surface area (Å²) in [6, 6.07) is -0.613. The van der Waals surface area contributed by atoms with Gasteiger partial charge in [-0.25, -0.2) is 9.48 Å². The molecule has 1 aliphatic rings. The number of ether oxygens (including phenoxy) is 1. The van der Waals surface area contributed by atoms with E-state index in [0.29, 0.717) is 30.2 Å². The minimum absolute atomic E-state index is 0.186. The van der Waals surface area contributed by atoms with E-state index < -0.39 is 11.7 Å². The number of nitrogens with zero attached hydrogens (tertiary/aromatic N) is 4. The van der Waals surface area contributed by atoms with Gasteiger partial charge in [0.1, 0.15) is 11.3 Å². The zero-order valence-electron chi connectivity index (χ0n) is 17.6. The van der Waals surface area contributed by atoms with Crippen molar-refractivity contribution >= 4 is 35.2 Å². The molecule has 2 atom stereocenters. The van der Waals surface area contributed by atoms with E-state index in [4.69, 9.17) is 27.9 Å². The van der Waals surface area contributed by atoms with Crippen LogP contribution in [0.4, 0.5) is 4.79 Å². The van der Waals surface area contributed by atoms with E-state index >= 15 is 0 Å². The summed E-state index contributed by atoms with van der Waals surface area (Å²) in [6.07, 6.45) is 1.90. The molecule has 0 unspecified atom stereocenters. The Morgan fingerprint density at radius 3 is 2.50 bits per heavy atom. The van der Waals surface area contributed by atoms with Crippen LogP contribution < -0.4 is 5.32 Å². The Morgan fingerprint density at radius 1 is 1.27 bits per heavy atom. The van der Waals surface area contributed by atoms with Crippen LogP contribution in [0.25, 0.3) is 0 Å². The third-order valence-electron chi connectivity index (χ3n) is 4.80. The maximum Gasteiger partial charge on any atom is 0.410 e. The van der Waals surface area contributed by atoms with E-state index in [1.807, 2.05) is 27.7 Å². The molecule has 0 radical (unpaired) electrons. The molecule has 0 aromatic carbocycles. The second kappa shape index (κ2) is 8.47. The fraction of sp³-hybridized carbons (Fsp3) is 0.579. The first kappa shape index (κ1) is 22.4. The number of aromatic amines is 1. The predicted molar refractivity (Wildman–Crippen MR) is 113 cm³/mol. The number of piperidine rings is 1. The fourth-order valence-electron chi connectivity index (χ4n) is 3.36. The molecule has 164 valence electrons. The highest BCUT2D eigenvalue weighted by Crippen LogP contribution is 2.30. The molecular formula is C19H26Cl2N6O3. The molecule has 0 aliphatic carbocycles. The van der Waals surface area contributed by atoms with Gasteiger partial charge in [0, 0.05) is 25.0 Å². The first-order valence-corrected chi connectivity index (χ1v) is 10.4. The SMILES string of the molecule is Cc1cn([C@H]2CN(C(=O)OC(C)(C)C)CC[C@H]2NC(=O)c2[nH]c(C)c(Cl)c2Cl)nn1. The Bertz CT molecular complexity index is 949. The third-order valence-corrected chi connectivity index (χ3v) is 5.74. The van der Waals surface area contributed by atoms with E-state index in [2.05, 4.69) is 20.6 Å². The van der Waals surface area contributed by atoms with Crippen molar-refractivity contribution in [3.63, 3.8) is 0 Å². The van der Waals surface area contributed by atoms with E-state index in [9.17, 15) is 9.59 Å². The minimum atomic E-state index is -0.594. The number of aromatic nitrogens is 4. The Labute approximate surface area is 185 Å². The lowest BCUT2D eigenvalue weighted by Crippen LogP contribution is -2.54. The number of carbonyl (C=O) groups is 2. The Kier molecular flexibility index (Phi) is 6.33. The van der Waals surface area contributed by atoms with Crippen molar-refractivity contribution < 1.29 is 14.3 Å². The molecule has 1 aliphatic heterocycles. The quantitative estimate of drug-likeness (QED) is 0.734. The van der Waals surface area contributed by atoms with Gasteiger partial charge in [-0.05, 0) is 41.0 Å². The topological polar surface area (TPSA) is 105 Å². The van der Waals surface area contributed by atoms with Crippen LogP contribution in [0.1, 0.15) is 55.1 Å². The van der Waals surface area contributed by atoms with Gasteiger partial charge in [0.25, 0.3) is 5.91 Å². The largest absolute Gasteiger partial charge is 0.444 e. The van der Waals surface area contributed by atoms with Gasteiger partial charge in [0.2, 0.25) is 0 Å². The van der Waals surface area contributed by atoms with Crippen LogP contribution in [0, 0.1) is 13.8 Å². The van der Waals surface area contributed by atoms with E-state index in [-0.39, 0.29) is 28.7 Å². The normalized spacial score (nSPS) is 19.6. The molecule has 2 aromatic heterocycles. The van der Waals surface area contributed by atoms with Crippen LogP contribution in [0.5, 0.6) is 0 Å². The zero-order chi connectivity index (χ0) is 22.2. The molecule has 2 N–H and O–H groups in total. The monoisotopic (exact) mass is 456 g/mol. The maximum absolute atomic E-state index is 12.8. The number of carbonyl (C=O) groups excluding carboxylic acids is 2. The molecule has 3 heterocycles. The molecule has 11 heteroatoms. The van der Waals surface area contributed by atoms with Crippen molar-refractivity contribution in [2.24, 2.45) is 0 Å². The number of H-pyrrole nitrogens is 1. The number of hydrogen-bond donors (Lipinski definition) is 2. The first-order valence-electron chi connectivity index (χ1n) is 9.67. The number of hydrogen-bond acceptors (Lipinski definition) is 5. The average Bonchev–Trinajstić information content (AvgIpc) is 3.19. The second-order valence-corrected chi connectivity index (χ2v) is 9.21. The van der Waals surface area contributed by atoms with Crippen molar-refractivity contribution in [3.8, 4) is 0 Å². The van der Waals surface area contributed by atoms with Crippen LogP contribution in [-0.4, -0.2) is 61.6 Å². The summed E-state index contributed by atoms with van der Waals surface area (Å²) in [6.45, 7) is 9.79. The molecule has 2 aromatic rings. The Morgan fingerprint density at radius 2 is 1.97 bits per heavy atom. The van der Waals surface area contributed by atoms with Crippen molar-refractivity contribution in [3.05, 3.63) is 33.3 Å². The molecule has 9 nitrogen and oxygen atoms in total. The highest BCUT2D eigenvalue weighted by atomic mass is 35.5. The number of amides is 2. The third kappa shape index (κ3) is 4.89. The summed E-state index contributed by atoms with van der Waals surface area (Å²) >= 11 is 12.3. The van der Waals surface area contributed by atoms with Crippen LogP contribution >= 0.6 is 23.2 Å². The molecule has 3 rings (SSSR count). The van der Waals surface area contributed by atoms with Gasteiger partial charge in [0.15, 0.2) is 0 Å². The van der Waals surface area contributed by atoms with Crippen molar-refractivity contribution in [1.29, 1.82) is 0 Å². The second-order valence-electron chi connectivity index (χ2n) is 8.46. The van der Waals surface area contributed by atoms with Gasteiger partial charge in [-0.1, -0.05) is 28.4 Å². The van der Waals surface area contributed by atoms with Gasteiger partial charge in [-0.3, -0.25) is 4.79 Å². The van der Waals surface area contributed by atoms with Gasteiger partial charge in [0.05, 0.1) is 27.8 Å². The number of halogens is 2. The number of rotatable bonds is 3. The molecule has 2 amide bonds. The summed E-state index contributed by atoms with van der Waals surface area (Å²) in [5, 5.41) is 11.7. The van der Waals surface area contributed by atoms with Gasteiger partial charge < -0.3 is 19.9 Å².